The van der Waals surface area contributed by atoms with Crippen LogP contribution in [0, 0.1) is 12.7 Å². The number of esters is 1. The second-order valence-corrected chi connectivity index (χ2v) is 8.55. The van der Waals surface area contributed by atoms with Crippen molar-refractivity contribution < 1.29 is 23.4 Å². The molecule has 0 aliphatic carbocycles. The van der Waals surface area contributed by atoms with Crippen molar-refractivity contribution in [2.24, 2.45) is 0 Å². The summed E-state index contributed by atoms with van der Waals surface area (Å²) in [6, 6.07) is 14.3. The molecule has 5 rings (SSSR count). The van der Waals surface area contributed by atoms with Crippen LogP contribution in [0.25, 0.3) is 21.7 Å². The predicted molar refractivity (Wildman–Crippen MR) is 130 cm³/mol. The molecule has 0 radical (unpaired) electrons. The van der Waals surface area contributed by atoms with Crippen molar-refractivity contribution in [1.29, 1.82) is 0 Å². The molecule has 6 nitrogen and oxygen atoms in total. The van der Waals surface area contributed by atoms with Gasteiger partial charge in [-0.1, -0.05) is 36.4 Å². The zero-order valence-corrected chi connectivity index (χ0v) is 19.3. The Labute approximate surface area is 197 Å². The fourth-order valence-electron chi connectivity index (χ4n) is 4.87. The summed E-state index contributed by atoms with van der Waals surface area (Å²) in [7, 11) is 0. The summed E-state index contributed by atoms with van der Waals surface area (Å²) in [6.45, 7) is 6.89. The predicted octanol–water partition coefficient (Wildman–Crippen LogP) is 5.24. The summed E-state index contributed by atoms with van der Waals surface area (Å²) in [5, 5.41) is 13.3. The second kappa shape index (κ2) is 8.99. The standard InChI is InChI=1S/C27H27FN2O4/c1-3-33-27(32)23-17(2)34-26-19-9-5-4-8-18(19)25(31)20(24(23)26)16-29-12-14-30(15-13-29)22-11-7-6-10-21(22)28/h4-11,31H,3,12-16H2,1-2H3. The third-order valence-corrected chi connectivity index (χ3v) is 6.53. The van der Waals surface area contributed by atoms with E-state index in [2.05, 4.69) is 4.90 Å². The van der Waals surface area contributed by atoms with Crippen molar-refractivity contribution in [2.75, 3.05) is 37.7 Å². The first-order valence-corrected chi connectivity index (χ1v) is 11.5. The van der Waals surface area contributed by atoms with Crippen LogP contribution in [0.3, 0.4) is 0 Å². The minimum atomic E-state index is -0.459. The Balaban J connectivity index is 1.53. The van der Waals surface area contributed by atoms with Gasteiger partial charge < -0.3 is 19.2 Å². The molecule has 0 saturated carbocycles. The van der Waals surface area contributed by atoms with E-state index in [1.165, 1.54) is 6.07 Å². The Hall–Kier alpha value is -3.58. The van der Waals surface area contributed by atoms with Crippen LogP contribution in [0.5, 0.6) is 5.75 Å². The average Bonchev–Trinajstić information content (AvgIpc) is 3.20. The third kappa shape index (κ3) is 3.76. The van der Waals surface area contributed by atoms with Crippen LogP contribution in [-0.4, -0.2) is 48.8 Å². The highest BCUT2D eigenvalue weighted by atomic mass is 19.1. The molecule has 1 fully saturated rings. The lowest BCUT2D eigenvalue weighted by Gasteiger charge is -2.36. The molecule has 0 amide bonds. The fourth-order valence-corrected chi connectivity index (χ4v) is 4.87. The molecule has 176 valence electrons. The van der Waals surface area contributed by atoms with E-state index in [1.54, 1.807) is 26.0 Å². The van der Waals surface area contributed by atoms with Gasteiger partial charge in [-0.25, -0.2) is 9.18 Å². The molecule has 0 unspecified atom stereocenters. The van der Waals surface area contributed by atoms with Crippen molar-refractivity contribution in [3.05, 3.63) is 71.2 Å². The maximum absolute atomic E-state index is 14.2. The van der Waals surface area contributed by atoms with Crippen molar-refractivity contribution in [3.63, 3.8) is 0 Å². The Morgan fingerprint density at radius 1 is 1.06 bits per heavy atom. The summed E-state index contributed by atoms with van der Waals surface area (Å²) in [5.41, 5.74) is 2.19. The zero-order chi connectivity index (χ0) is 23.8. The van der Waals surface area contributed by atoms with Gasteiger partial charge in [-0.05, 0) is 26.0 Å². The SMILES string of the molecule is CCOC(=O)c1c(C)oc2c1c(CN1CCN(c3ccccc3F)CC1)c(O)c1ccccc12. The lowest BCUT2D eigenvalue weighted by atomic mass is 9.97. The van der Waals surface area contributed by atoms with Crippen LogP contribution < -0.4 is 4.90 Å². The molecule has 2 heterocycles. The quantitative estimate of drug-likeness (QED) is 0.409. The number of aromatic hydroxyl groups is 1. The highest BCUT2D eigenvalue weighted by Crippen LogP contribution is 2.42. The summed E-state index contributed by atoms with van der Waals surface area (Å²) in [6.07, 6.45) is 0. The first-order chi connectivity index (χ1) is 16.5. The number of hydrogen-bond acceptors (Lipinski definition) is 6. The van der Waals surface area contributed by atoms with Crippen LogP contribution in [0.2, 0.25) is 0 Å². The normalized spacial score (nSPS) is 14.7. The summed E-state index contributed by atoms with van der Waals surface area (Å²) in [4.78, 5) is 17.1. The number of fused-ring (bicyclic) bond motifs is 3. The maximum atomic E-state index is 14.2. The van der Waals surface area contributed by atoms with Crippen LogP contribution in [-0.2, 0) is 11.3 Å². The van der Waals surface area contributed by atoms with Crippen molar-refractivity contribution in [1.82, 2.24) is 4.90 Å². The van der Waals surface area contributed by atoms with Gasteiger partial charge in [0.05, 0.1) is 12.3 Å². The lowest BCUT2D eigenvalue weighted by Crippen LogP contribution is -2.46. The molecule has 4 aromatic rings. The number of para-hydroxylation sites is 1. The largest absolute Gasteiger partial charge is 0.507 e. The number of carbonyl (C=O) groups excluding carboxylic acids is 1. The van der Waals surface area contributed by atoms with Gasteiger partial charge in [0, 0.05) is 54.4 Å². The van der Waals surface area contributed by atoms with Crippen molar-refractivity contribution in [3.8, 4) is 5.75 Å². The number of halogens is 1. The van der Waals surface area contributed by atoms with E-state index in [0.29, 0.717) is 71.7 Å². The number of hydrogen-bond donors (Lipinski definition) is 1. The Kier molecular flexibility index (Phi) is 5.87. The van der Waals surface area contributed by atoms with E-state index in [-0.39, 0.29) is 18.2 Å². The molecule has 0 bridgehead atoms. The molecule has 1 aromatic heterocycles. The smallest absolute Gasteiger partial charge is 0.342 e. The van der Waals surface area contributed by atoms with Gasteiger partial charge in [-0.2, -0.15) is 0 Å². The summed E-state index contributed by atoms with van der Waals surface area (Å²) in [5.74, 6) is -0.0716. The molecule has 3 aromatic carbocycles. The number of ether oxygens (including phenoxy) is 1. The van der Waals surface area contributed by atoms with Gasteiger partial charge >= 0.3 is 5.97 Å². The first-order valence-electron chi connectivity index (χ1n) is 11.5. The number of anilines is 1. The highest BCUT2D eigenvalue weighted by Gasteiger charge is 2.28. The van der Waals surface area contributed by atoms with E-state index in [4.69, 9.17) is 9.15 Å². The lowest BCUT2D eigenvalue weighted by molar-refractivity contribution is 0.0526. The van der Waals surface area contributed by atoms with Crippen LogP contribution in [0.4, 0.5) is 10.1 Å². The second-order valence-electron chi connectivity index (χ2n) is 8.55. The molecule has 0 spiro atoms. The Bertz CT molecular complexity index is 1370. The maximum Gasteiger partial charge on any atom is 0.342 e. The fraction of sp³-hybridized carbons (Fsp3) is 0.296. The number of nitrogens with zero attached hydrogens (tertiary/aromatic N) is 2. The van der Waals surface area contributed by atoms with Gasteiger partial charge in [0.25, 0.3) is 0 Å². The number of aryl methyl sites for hydroxylation is 1. The van der Waals surface area contributed by atoms with Gasteiger partial charge in [-0.15, -0.1) is 0 Å². The monoisotopic (exact) mass is 462 g/mol. The van der Waals surface area contributed by atoms with E-state index in [0.717, 1.165) is 5.39 Å². The molecule has 1 aliphatic heterocycles. The number of rotatable bonds is 5. The number of carbonyl (C=O) groups is 1. The third-order valence-electron chi connectivity index (χ3n) is 6.53. The Morgan fingerprint density at radius 2 is 1.74 bits per heavy atom. The summed E-state index contributed by atoms with van der Waals surface area (Å²) >= 11 is 0. The van der Waals surface area contributed by atoms with E-state index < -0.39 is 5.97 Å². The molecular formula is C27H27FN2O4. The highest BCUT2D eigenvalue weighted by molar-refractivity contribution is 6.16. The number of phenolic OH excluding ortho intramolecular Hbond substituents is 1. The topological polar surface area (TPSA) is 66.2 Å². The van der Waals surface area contributed by atoms with Crippen LogP contribution in [0.1, 0.15) is 28.6 Å². The molecule has 34 heavy (non-hydrogen) atoms. The molecule has 1 N–H and O–H groups in total. The van der Waals surface area contributed by atoms with Gasteiger partial charge in [0.1, 0.15) is 28.5 Å². The van der Waals surface area contributed by atoms with Gasteiger partial charge in [0.15, 0.2) is 0 Å². The van der Waals surface area contributed by atoms with Crippen LogP contribution in [0.15, 0.2) is 52.9 Å². The Morgan fingerprint density at radius 3 is 2.44 bits per heavy atom. The van der Waals surface area contributed by atoms with E-state index >= 15 is 0 Å². The van der Waals surface area contributed by atoms with E-state index in [1.807, 2.05) is 35.2 Å². The molecular weight excluding hydrogens is 435 g/mol. The number of piperazine rings is 1. The van der Waals surface area contributed by atoms with Crippen molar-refractivity contribution >= 4 is 33.4 Å². The van der Waals surface area contributed by atoms with Crippen LogP contribution >= 0.6 is 0 Å². The average molecular weight is 463 g/mol. The molecule has 0 atom stereocenters. The number of phenols is 1. The van der Waals surface area contributed by atoms with Gasteiger partial charge in [0.2, 0.25) is 0 Å². The number of benzene rings is 3. The summed E-state index contributed by atoms with van der Waals surface area (Å²) < 4.78 is 25.6. The van der Waals surface area contributed by atoms with E-state index in [9.17, 15) is 14.3 Å². The zero-order valence-electron chi connectivity index (χ0n) is 19.3. The molecule has 1 saturated heterocycles. The van der Waals surface area contributed by atoms with Gasteiger partial charge in [-0.3, -0.25) is 4.90 Å². The minimum Gasteiger partial charge on any atom is -0.507 e. The van der Waals surface area contributed by atoms with Crippen molar-refractivity contribution in [2.45, 2.75) is 20.4 Å². The molecule has 1 aliphatic rings. The number of furan rings is 1. The molecule has 7 heteroatoms. The first kappa shape index (κ1) is 22.2. The minimum absolute atomic E-state index is 0.144.